The van der Waals surface area contributed by atoms with Gasteiger partial charge < -0.3 is 0 Å². The average molecular weight is 264 g/mol. The zero-order valence-electron chi connectivity index (χ0n) is 11.6. The number of rotatable bonds is 2. The molecule has 0 unspecified atom stereocenters. The highest BCUT2D eigenvalue weighted by atomic mass is 14.9. The summed E-state index contributed by atoms with van der Waals surface area (Å²) in [7, 11) is 0. The molecule has 2 heterocycles. The van der Waals surface area contributed by atoms with Crippen molar-refractivity contribution in [2.24, 2.45) is 0 Å². The van der Waals surface area contributed by atoms with Crippen LogP contribution in [0.2, 0.25) is 0 Å². The van der Waals surface area contributed by atoms with E-state index >= 15 is 0 Å². The summed E-state index contributed by atoms with van der Waals surface area (Å²) in [4.78, 5) is 16.9. The molecule has 0 aliphatic carbocycles. The number of aromatic nitrogens is 4. The maximum atomic E-state index is 4.23. The zero-order valence-corrected chi connectivity index (χ0v) is 11.6. The summed E-state index contributed by atoms with van der Waals surface area (Å²) in [6.07, 6.45) is 6.92. The van der Waals surface area contributed by atoms with Crippen molar-refractivity contribution in [3.63, 3.8) is 0 Å². The van der Waals surface area contributed by atoms with Gasteiger partial charge in [0.2, 0.25) is 0 Å². The van der Waals surface area contributed by atoms with Gasteiger partial charge in [-0.05, 0) is 18.2 Å². The number of hydrogen-bond donors (Lipinski definition) is 0. The van der Waals surface area contributed by atoms with Crippen LogP contribution in [0.3, 0.4) is 0 Å². The molecule has 0 atom stereocenters. The van der Waals surface area contributed by atoms with Crippen molar-refractivity contribution in [2.45, 2.75) is 13.8 Å². The lowest BCUT2D eigenvalue weighted by Crippen LogP contribution is -1.90. The first-order chi connectivity index (χ1) is 9.93. The largest absolute Gasteiger partial charge is 0.237 e. The third-order valence-corrected chi connectivity index (χ3v) is 2.51. The van der Waals surface area contributed by atoms with Crippen LogP contribution >= 0.6 is 0 Å². The molecule has 0 aliphatic heterocycles. The standard InChI is InChI=1S/C14H10N4.C2H6/c1-4-11(13-15-6-2-7-16-13)10-12(5-1)14-17-8-3-9-18-14;1-2/h1-10H;1-2H3. The Balaban J connectivity index is 0.000000704. The van der Waals surface area contributed by atoms with Crippen molar-refractivity contribution in [3.05, 3.63) is 61.2 Å². The predicted molar refractivity (Wildman–Crippen MR) is 79.8 cm³/mol. The normalized spacial score (nSPS) is 9.50. The molecule has 3 rings (SSSR count). The molecule has 0 bridgehead atoms. The lowest BCUT2D eigenvalue weighted by Gasteiger charge is -2.02. The predicted octanol–water partition coefficient (Wildman–Crippen LogP) is 3.63. The molecule has 0 fully saturated rings. The molecule has 0 saturated carbocycles. The van der Waals surface area contributed by atoms with Crippen molar-refractivity contribution in [3.8, 4) is 22.8 Å². The highest BCUT2D eigenvalue weighted by Crippen LogP contribution is 2.21. The zero-order chi connectivity index (χ0) is 14.2. The van der Waals surface area contributed by atoms with Gasteiger partial charge in [-0.3, -0.25) is 0 Å². The fourth-order valence-electron chi connectivity index (χ4n) is 1.69. The van der Waals surface area contributed by atoms with Gasteiger partial charge in [-0.2, -0.15) is 0 Å². The Morgan fingerprint density at radius 1 is 0.600 bits per heavy atom. The van der Waals surface area contributed by atoms with Gasteiger partial charge in [0, 0.05) is 35.9 Å². The smallest absolute Gasteiger partial charge is 0.159 e. The van der Waals surface area contributed by atoms with E-state index in [1.807, 2.05) is 38.1 Å². The van der Waals surface area contributed by atoms with Crippen LogP contribution in [0.4, 0.5) is 0 Å². The van der Waals surface area contributed by atoms with Crippen LogP contribution in [0.1, 0.15) is 13.8 Å². The van der Waals surface area contributed by atoms with Crippen LogP contribution in [0.15, 0.2) is 61.2 Å². The fraction of sp³-hybridized carbons (Fsp3) is 0.125. The molecule has 20 heavy (non-hydrogen) atoms. The van der Waals surface area contributed by atoms with Crippen molar-refractivity contribution >= 4 is 0 Å². The van der Waals surface area contributed by atoms with E-state index in [-0.39, 0.29) is 0 Å². The summed E-state index contributed by atoms with van der Waals surface area (Å²) in [6.45, 7) is 4.00. The Hall–Kier alpha value is -2.62. The molecule has 100 valence electrons. The van der Waals surface area contributed by atoms with E-state index in [0.717, 1.165) is 11.1 Å². The third kappa shape index (κ3) is 3.23. The highest BCUT2D eigenvalue weighted by molar-refractivity contribution is 5.65. The third-order valence-electron chi connectivity index (χ3n) is 2.51. The maximum absolute atomic E-state index is 4.23. The van der Waals surface area contributed by atoms with Crippen LogP contribution in [0, 0.1) is 0 Å². The quantitative estimate of drug-likeness (QED) is 0.709. The summed E-state index contributed by atoms with van der Waals surface area (Å²) in [6, 6.07) is 11.5. The van der Waals surface area contributed by atoms with Crippen molar-refractivity contribution in [1.29, 1.82) is 0 Å². The molecular formula is C16H16N4. The summed E-state index contributed by atoms with van der Waals surface area (Å²) in [5.74, 6) is 1.41. The topological polar surface area (TPSA) is 51.6 Å². The maximum Gasteiger partial charge on any atom is 0.159 e. The van der Waals surface area contributed by atoms with E-state index in [9.17, 15) is 0 Å². The molecule has 0 N–H and O–H groups in total. The van der Waals surface area contributed by atoms with Crippen LogP contribution in [-0.2, 0) is 0 Å². The molecule has 4 nitrogen and oxygen atoms in total. The first-order valence-electron chi connectivity index (χ1n) is 6.58. The van der Waals surface area contributed by atoms with Gasteiger partial charge in [0.1, 0.15) is 0 Å². The summed E-state index contributed by atoms with van der Waals surface area (Å²) in [5, 5.41) is 0. The van der Waals surface area contributed by atoms with Crippen molar-refractivity contribution in [2.75, 3.05) is 0 Å². The van der Waals surface area contributed by atoms with Crippen LogP contribution in [-0.4, -0.2) is 19.9 Å². The van der Waals surface area contributed by atoms with Crippen LogP contribution in [0.25, 0.3) is 22.8 Å². The van der Waals surface area contributed by atoms with Gasteiger partial charge in [0.05, 0.1) is 0 Å². The molecule has 0 saturated heterocycles. The fourth-order valence-corrected chi connectivity index (χ4v) is 1.69. The van der Waals surface area contributed by atoms with Gasteiger partial charge >= 0.3 is 0 Å². The molecule has 3 aromatic rings. The Bertz CT molecular complexity index is 584. The van der Waals surface area contributed by atoms with E-state index in [1.165, 1.54) is 0 Å². The first kappa shape index (κ1) is 13.8. The molecular weight excluding hydrogens is 248 g/mol. The van der Waals surface area contributed by atoms with Gasteiger partial charge in [0.25, 0.3) is 0 Å². The Morgan fingerprint density at radius 3 is 1.40 bits per heavy atom. The lowest BCUT2D eigenvalue weighted by molar-refractivity contribution is 1.16. The molecule has 1 aromatic carbocycles. The van der Waals surface area contributed by atoms with E-state index in [1.54, 1.807) is 36.9 Å². The summed E-state index contributed by atoms with van der Waals surface area (Å²) in [5.41, 5.74) is 1.92. The monoisotopic (exact) mass is 264 g/mol. The second kappa shape index (κ2) is 7.09. The van der Waals surface area contributed by atoms with Gasteiger partial charge in [-0.1, -0.05) is 32.0 Å². The van der Waals surface area contributed by atoms with Crippen molar-refractivity contribution < 1.29 is 0 Å². The molecule has 0 radical (unpaired) electrons. The van der Waals surface area contributed by atoms with Crippen molar-refractivity contribution in [1.82, 2.24) is 19.9 Å². The minimum absolute atomic E-state index is 0.704. The minimum atomic E-state index is 0.704. The van der Waals surface area contributed by atoms with Crippen LogP contribution in [0.5, 0.6) is 0 Å². The Labute approximate surface area is 118 Å². The SMILES string of the molecule is CC.c1cnc(-c2cccc(-c3ncccn3)c2)nc1. The average Bonchev–Trinajstić information content (AvgIpc) is 2.58. The molecule has 4 heteroatoms. The highest BCUT2D eigenvalue weighted by Gasteiger charge is 2.04. The minimum Gasteiger partial charge on any atom is -0.237 e. The molecule has 0 spiro atoms. The van der Waals surface area contributed by atoms with E-state index in [2.05, 4.69) is 19.9 Å². The summed E-state index contributed by atoms with van der Waals surface area (Å²) < 4.78 is 0. The Kier molecular flexibility index (Phi) is 4.89. The Morgan fingerprint density at radius 2 is 1.00 bits per heavy atom. The van der Waals surface area contributed by atoms with Gasteiger partial charge in [0.15, 0.2) is 11.6 Å². The van der Waals surface area contributed by atoms with Gasteiger partial charge in [-0.25, -0.2) is 19.9 Å². The number of benzene rings is 1. The van der Waals surface area contributed by atoms with Crippen LogP contribution < -0.4 is 0 Å². The van der Waals surface area contributed by atoms with E-state index in [0.29, 0.717) is 11.6 Å². The first-order valence-corrected chi connectivity index (χ1v) is 6.58. The molecule has 0 amide bonds. The number of hydrogen-bond acceptors (Lipinski definition) is 4. The lowest BCUT2D eigenvalue weighted by atomic mass is 10.1. The second-order valence-electron chi connectivity index (χ2n) is 3.73. The van der Waals surface area contributed by atoms with Gasteiger partial charge in [-0.15, -0.1) is 0 Å². The molecule has 2 aromatic heterocycles. The molecule has 0 aliphatic rings. The van der Waals surface area contributed by atoms with E-state index < -0.39 is 0 Å². The second-order valence-corrected chi connectivity index (χ2v) is 3.73. The summed E-state index contributed by atoms with van der Waals surface area (Å²) >= 11 is 0. The number of nitrogens with zero attached hydrogens (tertiary/aromatic N) is 4. The van der Waals surface area contributed by atoms with E-state index in [4.69, 9.17) is 0 Å².